The Bertz CT molecular complexity index is 1070. The highest BCUT2D eigenvalue weighted by atomic mass is 16.8. The average Bonchev–Trinajstić information content (AvgIpc) is 3.37. The highest BCUT2D eigenvalue weighted by Gasteiger charge is 2.63. The zero-order valence-corrected chi connectivity index (χ0v) is 20.4. The molecule has 2 aliphatic heterocycles. The first-order chi connectivity index (χ1) is 16.1. The van der Waals surface area contributed by atoms with Crippen molar-refractivity contribution in [2.75, 3.05) is 32.6 Å². The zero-order valence-electron chi connectivity index (χ0n) is 20.4. The second-order valence-electron chi connectivity index (χ2n) is 10.3. The van der Waals surface area contributed by atoms with Gasteiger partial charge < -0.3 is 24.7 Å². The summed E-state index contributed by atoms with van der Waals surface area (Å²) in [7, 11) is 1.56. The number of imidazole rings is 1. The van der Waals surface area contributed by atoms with E-state index in [0.29, 0.717) is 42.2 Å². The number of Topliss-reactive ketones (excluding diaryl/α,β-unsaturated/α-hetero) is 1. The van der Waals surface area contributed by atoms with E-state index in [1.54, 1.807) is 13.4 Å². The number of ketones is 1. The Hall–Kier alpha value is -2.18. The van der Waals surface area contributed by atoms with Crippen LogP contribution in [-0.2, 0) is 29.5 Å². The molecule has 4 heterocycles. The molecular formula is C23H34N6O5. The van der Waals surface area contributed by atoms with E-state index < -0.39 is 11.5 Å². The van der Waals surface area contributed by atoms with Gasteiger partial charge in [-0.2, -0.15) is 0 Å². The summed E-state index contributed by atoms with van der Waals surface area (Å²) in [4.78, 5) is 27.5. The minimum atomic E-state index is -0.914. The molecule has 0 radical (unpaired) electrons. The number of fused-ring (bicyclic) bond motifs is 2. The lowest BCUT2D eigenvalue weighted by Crippen LogP contribution is -2.54. The van der Waals surface area contributed by atoms with Crippen molar-refractivity contribution in [2.24, 2.45) is 5.92 Å². The van der Waals surface area contributed by atoms with E-state index in [2.05, 4.69) is 33.7 Å². The van der Waals surface area contributed by atoms with E-state index in [0.717, 1.165) is 12.8 Å². The third-order valence-electron chi connectivity index (χ3n) is 7.27. The van der Waals surface area contributed by atoms with Gasteiger partial charge in [0.05, 0.1) is 12.9 Å². The SMILES string of the molecule is COCC(=O)[C@H]1C[C@@H](N(C[C@H]2OC[C@]3(n4cnc5c(N)ncnc54)OC(C)(C)O[C@H]23)C(C)C)C1. The van der Waals surface area contributed by atoms with Crippen molar-refractivity contribution in [1.82, 2.24) is 24.4 Å². The van der Waals surface area contributed by atoms with Crippen molar-refractivity contribution >= 4 is 22.8 Å². The Kier molecular flexibility index (Phi) is 5.88. The van der Waals surface area contributed by atoms with Crippen LogP contribution in [0.15, 0.2) is 12.7 Å². The second-order valence-corrected chi connectivity index (χ2v) is 10.3. The molecule has 1 aliphatic carbocycles. The smallest absolute Gasteiger partial charge is 0.203 e. The normalized spacial score (nSPS) is 32.4. The fraction of sp³-hybridized carbons (Fsp3) is 0.739. The Labute approximate surface area is 198 Å². The van der Waals surface area contributed by atoms with Gasteiger partial charge in [-0.25, -0.2) is 15.0 Å². The summed E-state index contributed by atoms with van der Waals surface area (Å²) < 4.78 is 26.2. The maximum Gasteiger partial charge on any atom is 0.203 e. The van der Waals surface area contributed by atoms with Crippen LogP contribution >= 0.6 is 0 Å². The molecule has 11 nitrogen and oxygen atoms in total. The number of rotatable bonds is 8. The molecule has 11 heteroatoms. The molecule has 0 unspecified atom stereocenters. The number of carbonyl (C=O) groups excluding carboxylic acids is 1. The molecular weight excluding hydrogens is 440 g/mol. The Morgan fingerprint density at radius 1 is 1.32 bits per heavy atom. The van der Waals surface area contributed by atoms with Gasteiger partial charge in [-0.05, 0) is 40.5 Å². The molecule has 2 saturated heterocycles. The maximum atomic E-state index is 12.2. The molecule has 2 N–H and O–H groups in total. The van der Waals surface area contributed by atoms with Gasteiger partial charge in [0.1, 0.15) is 30.7 Å². The van der Waals surface area contributed by atoms with Crippen LogP contribution in [0.25, 0.3) is 11.2 Å². The van der Waals surface area contributed by atoms with E-state index in [4.69, 9.17) is 24.7 Å². The first kappa shape index (κ1) is 23.6. The Morgan fingerprint density at radius 3 is 2.79 bits per heavy atom. The molecule has 5 rings (SSSR count). The number of carbonyl (C=O) groups is 1. The predicted octanol–water partition coefficient (Wildman–Crippen LogP) is 1.32. The predicted molar refractivity (Wildman–Crippen MR) is 123 cm³/mol. The molecule has 3 atom stereocenters. The van der Waals surface area contributed by atoms with E-state index in [-0.39, 0.29) is 30.5 Å². The van der Waals surface area contributed by atoms with Crippen LogP contribution in [0.2, 0.25) is 0 Å². The van der Waals surface area contributed by atoms with Crippen molar-refractivity contribution < 1.29 is 23.7 Å². The molecule has 3 aliphatic rings. The number of anilines is 1. The van der Waals surface area contributed by atoms with Gasteiger partial charge in [-0.15, -0.1) is 0 Å². The van der Waals surface area contributed by atoms with Gasteiger partial charge in [0.15, 0.2) is 23.0 Å². The number of nitrogens with zero attached hydrogens (tertiary/aromatic N) is 5. The van der Waals surface area contributed by atoms with E-state index >= 15 is 0 Å². The van der Waals surface area contributed by atoms with Crippen molar-refractivity contribution in [1.29, 1.82) is 0 Å². The van der Waals surface area contributed by atoms with Crippen LogP contribution in [0.4, 0.5) is 5.82 Å². The van der Waals surface area contributed by atoms with Crippen molar-refractivity contribution in [2.45, 2.75) is 76.3 Å². The van der Waals surface area contributed by atoms with Crippen molar-refractivity contribution in [3.05, 3.63) is 12.7 Å². The first-order valence-electron chi connectivity index (χ1n) is 11.9. The third kappa shape index (κ3) is 3.79. The Balaban J connectivity index is 1.39. The van der Waals surface area contributed by atoms with Crippen LogP contribution in [0, 0.1) is 5.92 Å². The summed E-state index contributed by atoms with van der Waals surface area (Å²) in [5.41, 5.74) is 6.22. The molecule has 186 valence electrons. The molecule has 2 aromatic rings. The van der Waals surface area contributed by atoms with Crippen molar-refractivity contribution in [3.63, 3.8) is 0 Å². The lowest BCUT2D eigenvalue weighted by Gasteiger charge is -2.45. The molecule has 3 fully saturated rings. The zero-order chi connectivity index (χ0) is 24.3. The number of aromatic nitrogens is 4. The fourth-order valence-electron chi connectivity index (χ4n) is 5.60. The van der Waals surface area contributed by atoms with Crippen LogP contribution in [-0.4, -0.2) is 87.1 Å². The fourth-order valence-corrected chi connectivity index (χ4v) is 5.60. The van der Waals surface area contributed by atoms with Crippen LogP contribution in [0.1, 0.15) is 40.5 Å². The number of nitrogens with two attached hydrogens (primary N) is 1. The number of hydrogen-bond acceptors (Lipinski definition) is 10. The summed E-state index contributed by atoms with van der Waals surface area (Å²) in [5, 5.41) is 0. The number of methoxy groups -OCH3 is 1. The van der Waals surface area contributed by atoms with Crippen LogP contribution < -0.4 is 5.73 Å². The first-order valence-corrected chi connectivity index (χ1v) is 11.9. The van der Waals surface area contributed by atoms with E-state index in [1.165, 1.54) is 6.33 Å². The maximum absolute atomic E-state index is 12.2. The molecule has 0 spiro atoms. The molecule has 0 bridgehead atoms. The summed E-state index contributed by atoms with van der Waals surface area (Å²) in [6.45, 7) is 9.31. The monoisotopic (exact) mass is 474 g/mol. The Morgan fingerprint density at radius 2 is 2.09 bits per heavy atom. The van der Waals surface area contributed by atoms with Gasteiger partial charge in [0.25, 0.3) is 0 Å². The minimum Gasteiger partial charge on any atom is -0.382 e. The topological polar surface area (TPSA) is 127 Å². The minimum absolute atomic E-state index is 0.0715. The van der Waals surface area contributed by atoms with E-state index in [1.807, 2.05) is 18.4 Å². The second kappa shape index (κ2) is 8.49. The number of hydrogen-bond donors (Lipinski definition) is 1. The van der Waals surface area contributed by atoms with Gasteiger partial charge >= 0.3 is 0 Å². The summed E-state index contributed by atoms with van der Waals surface area (Å²) in [5.74, 6) is -0.235. The molecule has 2 aromatic heterocycles. The lowest BCUT2D eigenvalue weighted by atomic mass is 9.76. The molecule has 1 saturated carbocycles. The quantitative estimate of drug-likeness (QED) is 0.598. The highest BCUT2D eigenvalue weighted by molar-refractivity contribution is 5.83. The average molecular weight is 475 g/mol. The van der Waals surface area contributed by atoms with Gasteiger partial charge in [0, 0.05) is 31.7 Å². The summed E-state index contributed by atoms with van der Waals surface area (Å²) in [6, 6.07) is 0.611. The number of nitrogen functional groups attached to an aromatic ring is 1. The highest BCUT2D eigenvalue weighted by Crippen LogP contribution is 2.48. The third-order valence-corrected chi connectivity index (χ3v) is 7.27. The molecule has 34 heavy (non-hydrogen) atoms. The number of ether oxygens (including phenoxy) is 4. The van der Waals surface area contributed by atoms with Gasteiger partial charge in [-0.1, -0.05) is 0 Å². The van der Waals surface area contributed by atoms with Crippen LogP contribution in [0.5, 0.6) is 0 Å². The van der Waals surface area contributed by atoms with E-state index in [9.17, 15) is 4.79 Å². The largest absolute Gasteiger partial charge is 0.382 e. The van der Waals surface area contributed by atoms with Gasteiger partial charge in [-0.3, -0.25) is 14.3 Å². The van der Waals surface area contributed by atoms with Gasteiger partial charge in [0.2, 0.25) is 5.72 Å². The molecule has 0 amide bonds. The summed E-state index contributed by atoms with van der Waals surface area (Å²) in [6.07, 6.45) is 4.19. The van der Waals surface area contributed by atoms with Crippen molar-refractivity contribution in [3.8, 4) is 0 Å². The molecule has 0 aromatic carbocycles. The standard InChI is InChI=1S/C23H34N6O5/c1-13(2)28(15-6-14(7-15)16(30)9-31-5)8-17-19-23(10-32-17,34-22(3,4)33-19)29-12-27-18-20(24)25-11-26-21(18)29/h11-15,17,19H,6-10H2,1-5H3,(H2,24,25,26)/t14-,15+,17-,19-,23+/m1/s1. The summed E-state index contributed by atoms with van der Waals surface area (Å²) >= 11 is 0. The lowest BCUT2D eigenvalue weighted by molar-refractivity contribution is -0.206. The van der Waals surface area contributed by atoms with Crippen LogP contribution in [0.3, 0.4) is 0 Å².